The monoisotopic (exact) mass is 199 g/mol. The van der Waals surface area contributed by atoms with E-state index in [0.717, 1.165) is 0 Å². The highest BCUT2D eigenvalue weighted by Gasteiger charge is 2.17. The summed E-state index contributed by atoms with van der Waals surface area (Å²) >= 11 is 0. The summed E-state index contributed by atoms with van der Waals surface area (Å²) in [7, 11) is -1.96. The van der Waals surface area contributed by atoms with Crippen LogP contribution in [0.25, 0.3) is 0 Å². The Hall–Kier alpha value is -1.32. The maximum absolute atomic E-state index is 11.4. The Morgan fingerprint density at radius 1 is 1.77 bits per heavy atom. The minimum absolute atomic E-state index is 0.0325. The van der Waals surface area contributed by atoms with Gasteiger partial charge < -0.3 is 4.57 Å². The van der Waals surface area contributed by atoms with E-state index in [1.807, 2.05) is 0 Å². The van der Waals surface area contributed by atoms with Crippen LogP contribution in [-0.2, 0) is 17.1 Å². The van der Waals surface area contributed by atoms with Crippen LogP contribution in [0.5, 0.6) is 0 Å². The van der Waals surface area contributed by atoms with Gasteiger partial charge in [-0.3, -0.25) is 0 Å². The molecule has 1 rings (SSSR count). The van der Waals surface area contributed by atoms with E-state index in [1.54, 1.807) is 13.2 Å². The van der Waals surface area contributed by atoms with E-state index < -0.39 is 10.0 Å². The first-order chi connectivity index (χ1) is 6.08. The topological polar surface area (TPSA) is 64.0 Å². The van der Waals surface area contributed by atoms with Crippen molar-refractivity contribution >= 4 is 10.0 Å². The zero-order valence-electron chi connectivity index (χ0n) is 7.06. The largest absolute Gasteiger partial charge is 0.324 e. The molecule has 0 fully saturated rings. The second-order valence-corrected chi connectivity index (χ2v) is 4.01. The van der Waals surface area contributed by atoms with Crippen LogP contribution in [-0.4, -0.2) is 24.5 Å². The van der Waals surface area contributed by atoms with Crippen LogP contribution in [0.3, 0.4) is 0 Å². The van der Waals surface area contributed by atoms with Gasteiger partial charge in [-0.1, -0.05) is 5.92 Å². The van der Waals surface area contributed by atoms with E-state index >= 15 is 0 Å². The number of aryl methyl sites for hydroxylation is 1. The molecule has 13 heavy (non-hydrogen) atoms. The molecular formula is C7H9N3O2S. The molecule has 1 aromatic rings. The Morgan fingerprint density at radius 2 is 2.46 bits per heavy atom. The van der Waals surface area contributed by atoms with E-state index in [2.05, 4.69) is 15.6 Å². The van der Waals surface area contributed by atoms with Gasteiger partial charge in [0, 0.05) is 19.4 Å². The number of nitrogens with zero attached hydrogens (tertiary/aromatic N) is 2. The maximum Gasteiger partial charge on any atom is 0.275 e. The number of sulfonamides is 1. The van der Waals surface area contributed by atoms with E-state index in [1.165, 1.54) is 10.8 Å². The molecule has 5 nitrogen and oxygen atoms in total. The quantitative estimate of drug-likeness (QED) is 0.657. The third-order valence-corrected chi connectivity index (χ3v) is 2.78. The molecule has 0 spiro atoms. The average molecular weight is 199 g/mol. The number of hydrogen-bond donors (Lipinski definition) is 1. The summed E-state index contributed by atoms with van der Waals surface area (Å²) in [5.41, 5.74) is 0. The van der Waals surface area contributed by atoms with E-state index in [4.69, 9.17) is 6.42 Å². The Bertz CT molecular complexity index is 427. The molecule has 0 aromatic carbocycles. The van der Waals surface area contributed by atoms with Crippen LogP contribution < -0.4 is 4.72 Å². The van der Waals surface area contributed by atoms with Crippen LogP contribution >= 0.6 is 0 Å². The third-order valence-electron chi connectivity index (χ3n) is 1.38. The Morgan fingerprint density at radius 3 is 2.92 bits per heavy atom. The first kappa shape index (κ1) is 9.77. The standard InChI is InChI=1S/C7H9N3O2S/c1-3-4-9-13(11,12)7-8-5-6-10(7)2/h1,5-6,9H,4H2,2H3. The van der Waals surface area contributed by atoms with Crippen LogP contribution in [0.4, 0.5) is 0 Å². The predicted octanol–water partition coefficient (Wildman–Crippen LogP) is -0.668. The normalized spacial score (nSPS) is 11.1. The zero-order chi connectivity index (χ0) is 9.90. The smallest absolute Gasteiger partial charge is 0.275 e. The fourth-order valence-corrected chi connectivity index (χ4v) is 1.85. The van der Waals surface area contributed by atoms with Gasteiger partial charge in [0.25, 0.3) is 10.0 Å². The lowest BCUT2D eigenvalue weighted by Gasteiger charge is -2.02. The Balaban J connectivity index is 2.96. The van der Waals surface area contributed by atoms with Crippen molar-refractivity contribution in [2.45, 2.75) is 5.16 Å². The summed E-state index contributed by atoms with van der Waals surface area (Å²) < 4.78 is 26.4. The lowest BCUT2D eigenvalue weighted by Crippen LogP contribution is -2.26. The Labute approximate surface area is 76.8 Å². The zero-order valence-corrected chi connectivity index (χ0v) is 7.87. The first-order valence-corrected chi connectivity index (χ1v) is 4.96. The SMILES string of the molecule is C#CCNS(=O)(=O)c1nccn1C. The minimum atomic E-state index is -3.55. The fraction of sp³-hybridized carbons (Fsp3) is 0.286. The molecule has 0 radical (unpaired) electrons. The molecule has 0 aliphatic heterocycles. The van der Waals surface area contributed by atoms with Crippen molar-refractivity contribution in [1.29, 1.82) is 0 Å². The molecular weight excluding hydrogens is 190 g/mol. The van der Waals surface area contributed by atoms with Crippen molar-refractivity contribution in [2.75, 3.05) is 6.54 Å². The van der Waals surface area contributed by atoms with Crippen LogP contribution in [0.15, 0.2) is 17.6 Å². The first-order valence-electron chi connectivity index (χ1n) is 3.48. The van der Waals surface area contributed by atoms with Crippen LogP contribution in [0.2, 0.25) is 0 Å². The number of nitrogens with one attached hydrogen (secondary N) is 1. The van der Waals surface area contributed by atoms with Gasteiger partial charge >= 0.3 is 0 Å². The van der Waals surface area contributed by atoms with Gasteiger partial charge in [0.15, 0.2) is 0 Å². The van der Waals surface area contributed by atoms with Crippen molar-refractivity contribution in [3.8, 4) is 12.3 Å². The molecule has 0 bridgehead atoms. The second-order valence-electron chi connectivity index (χ2n) is 2.35. The molecule has 1 heterocycles. The van der Waals surface area contributed by atoms with Crippen molar-refractivity contribution < 1.29 is 8.42 Å². The molecule has 0 aliphatic rings. The van der Waals surface area contributed by atoms with Gasteiger partial charge in [0.1, 0.15) is 0 Å². The molecule has 0 saturated heterocycles. The molecule has 1 aromatic heterocycles. The van der Waals surface area contributed by atoms with Gasteiger partial charge in [0.2, 0.25) is 5.16 Å². The summed E-state index contributed by atoms with van der Waals surface area (Å²) in [4.78, 5) is 3.68. The van der Waals surface area contributed by atoms with Gasteiger partial charge in [-0.25, -0.2) is 13.4 Å². The predicted molar refractivity (Wildman–Crippen MR) is 47.2 cm³/mol. The molecule has 0 amide bonds. The summed E-state index contributed by atoms with van der Waals surface area (Å²) in [6, 6.07) is 0. The van der Waals surface area contributed by atoms with E-state index in [9.17, 15) is 8.42 Å². The molecule has 0 atom stereocenters. The summed E-state index contributed by atoms with van der Waals surface area (Å²) in [5.74, 6) is 2.18. The van der Waals surface area contributed by atoms with E-state index in [-0.39, 0.29) is 11.7 Å². The van der Waals surface area contributed by atoms with Crippen molar-refractivity contribution in [3.05, 3.63) is 12.4 Å². The van der Waals surface area contributed by atoms with Crippen LogP contribution in [0.1, 0.15) is 0 Å². The minimum Gasteiger partial charge on any atom is -0.324 e. The van der Waals surface area contributed by atoms with Crippen molar-refractivity contribution in [3.63, 3.8) is 0 Å². The third kappa shape index (κ3) is 2.08. The van der Waals surface area contributed by atoms with Gasteiger partial charge in [-0.15, -0.1) is 6.42 Å². The molecule has 0 aliphatic carbocycles. The van der Waals surface area contributed by atoms with Crippen LogP contribution in [0, 0.1) is 12.3 Å². The lowest BCUT2D eigenvalue weighted by molar-refractivity contribution is 0.569. The van der Waals surface area contributed by atoms with Gasteiger partial charge in [-0.2, -0.15) is 4.72 Å². The molecule has 0 saturated carbocycles. The lowest BCUT2D eigenvalue weighted by atomic mass is 10.7. The summed E-state index contributed by atoms with van der Waals surface area (Å²) in [5, 5.41) is -0.0391. The average Bonchev–Trinajstić information content (AvgIpc) is 2.48. The number of rotatable bonds is 3. The summed E-state index contributed by atoms with van der Waals surface area (Å²) in [6.07, 6.45) is 7.88. The van der Waals surface area contributed by atoms with Crippen molar-refractivity contribution in [2.24, 2.45) is 7.05 Å². The molecule has 0 unspecified atom stereocenters. The van der Waals surface area contributed by atoms with Crippen molar-refractivity contribution in [1.82, 2.24) is 14.3 Å². The summed E-state index contributed by atoms with van der Waals surface area (Å²) in [6.45, 7) is -0.0325. The Kier molecular flexibility index (Phi) is 2.70. The molecule has 1 N–H and O–H groups in total. The number of hydrogen-bond acceptors (Lipinski definition) is 3. The second kappa shape index (κ2) is 3.60. The number of aromatic nitrogens is 2. The maximum atomic E-state index is 11.4. The molecule has 6 heteroatoms. The highest BCUT2D eigenvalue weighted by molar-refractivity contribution is 7.89. The number of terminal acetylenes is 1. The molecule has 70 valence electrons. The number of imidazole rings is 1. The highest BCUT2D eigenvalue weighted by Crippen LogP contribution is 2.02. The van der Waals surface area contributed by atoms with E-state index in [0.29, 0.717) is 0 Å². The van der Waals surface area contributed by atoms with Gasteiger partial charge in [-0.05, 0) is 0 Å². The van der Waals surface area contributed by atoms with Gasteiger partial charge in [0.05, 0.1) is 6.54 Å². The fourth-order valence-electron chi connectivity index (χ4n) is 0.812. The highest BCUT2D eigenvalue weighted by atomic mass is 32.2.